The Morgan fingerprint density at radius 2 is 2.14 bits per heavy atom. The zero-order chi connectivity index (χ0) is 15.4. The fourth-order valence-corrected chi connectivity index (χ4v) is 1.93. The highest BCUT2D eigenvalue weighted by Crippen LogP contribution is 2.17. The lowest BCUT2D eigenvalue weighted by molar-refractivity contribution is 0.0945. The molecule has 0 aliphatic carbocycles. The van der Waals surface area contributed by atoms with Crippen molar-refractivity contribution < 1.29 is 9.21 Å². The Morgan fingerprint density at radius 3 is 2.86 bits per heavy atom. The number of rotatable bonds is 4. The molecule has 1 N–H and O–H groups in total. The van der Waals surface area contributed by atoms with Crippen molar-refractivity contribution in [2.75, 3.05) is 0 Å². The molecule has 0 radical (unpaired) electrons. The van der Waals surface area contributed by atoms with Crippen molar-refractivity contribution in [2.45, 2.75) is 13.5 Å². The summed E-state index contributed by atoms with van der Waals surface area (Å²) in [5.74, 6) is 0.432. The number of carbonyl (C=O) groups excluding carboxylic acids is 1. The molecule has 0 unspecified atom stereocenters. The molecule has 0 spiro atoms. The van der Waals surface area contributed by atoms with Gasteiger partial charge in [0.1, 0.15) is 11.4 Å². The number of nitrogens with one attached hydrogen (secondary N) is 1. The summed E-state index contributed by atoms with van der Waals surface area (Å²) < 4.78 is 5.31. The first-order valence-electron chi connectivity index (χ1n) is 6.78. The predicted octanol–water partition coefficient (Wildman–Crippen LogP) is 2.37. The molecular formula is C16H14N4O2. The standard InChI is InChI=1S/C16H14N4O2/c1-11-8-19-14(10-18-11)16(21)20-9-12-4-5-17-13(7-12)15-3-2-6-22-15/h2-8,10H,9H2,1H3,(H,20,21). The minimum atomic E-state index is -0.260. The second-order valence-corrected chi connectivity index (χ2v) is 4.75. The van der Waals surface area contributed by atoms with Crippen molar-refractivity contribution >= 4 is 5.91 Å². The Labute approximate surface area is 127 Å². The average Bonchev–Trinajstić information content (AvgIpc) is 3.08. The Bertz CT molecular complexity index is 767. The third-order valence-electron chi connectivity index (χ3n) is 3.06. The smallest absolute Gasteiger partial charge is 0.271 e. The largest absolute Gasteiger partial charge is 0.463 e. The lowest BCUT2D eigenvalue weighted by atomic mass is 10.2. The zero-order valence-corrected chi connectivity index (χ0v) is 12.0. The molecule has 0 fully saturated rings. The molecule has 0 aliphatic heterocycles. The Morgan fingerprint density at radius 1 is 1.23 bits per heavy atom. The van der Waals surface area contributed by atoms with Gasteiger partial charge in [-0.1, -0.05) is 0 Å². The molecule has 3 heterocycles. The Kier molecular flexibility index (Phi) is 3.91. The van der Waals surface area contributed by atoms with Gasteiger partial charge < -0.3 is 9.73 Å². The van der Waals surface area contributed by atoms with Crippen LogP contribution in [0.15, 0.2) is 53.5 Å². The Balaban J connectivity index is 1.67. The monoisotopic (exact) mass is 294 g/mol. The van der Waals surface area contributed by atoms with Crippen LogP contribution in [0.1, 0.15) is 21.7 Å². The van der Waals surface area contributed by atoms with Crippen molar-refractivity contribution in [3.05, 3.63) is 66.1 Å². The van der Waals surface area contributed by atoms with Gasteiger partial charge >= 0.3 is 0 Å². The molecule has 0 bridgehead atoms. The quantitative estimate of drug-likeness (QED) is 0.799. The number of carbonyl (C=O) groups is 1. The molecule has 6 heteroatoms. The van der Waals surface area contributed by atoms with Gasteiger partial charge in [0.25, 0.3) is 5.91 Å². The first-order valence-corrected chi connectivity index (χ1v) is 6.78. The summed E-state index contributed by atoms with van der Waals surface area (Å²) in [6.45, 7) is 2.20. The molecule has 0 saturated carbocycles. The van der Waals surface area contributed by atoms with Crippen LogP contribution in [0.3, 0.4) is 0 Å². The summed E-state index contributed by atoms with van der Waals surface area (Å²) >= 11 is 0. The maximum Gasteiger partial charge on any atom is 0.271 e. The Hall–Kier alpha value is -3.02. The van der Waals surface area contributed by atoms with Crippen LogP contribution in [0.5, 0.6) is 0 Å². The van der Waals surface area contributed by atoms with Crippen LogP contribution >= 0.6 is 0 Å². The van der Waals surface area contributed by atoms with Gasteiger partial charge in [-0.3, -0.25) is 14.8 Å². The highest BCUT2D eigenvalue weighted by molar-refractivity contribution is 5.91. The number of aryl methyl sites for hydroxylation is 1. The SMILES string of the molecule is Cc1cnc(C(=O)NCc2ccnc(-c3ccco3)c2)cn1. The second kappa shape index (κ2) is 6.17. The number of amides is 1. The van der Waals surface area contributed by atoms with E-state index in [4.69, 9.17) is 4.42 Å². The summed E-state index contributed by atoms with van der Waals surface area (Å²) in [5.41, 5.74) is 2.72. The van der Waals surface area contributed by atoms with E-state index in [1.165, 1.54) is 6.20 Å². The third kappa shape index (κ3) is 3.17. The molecule has 3 rings (SSSR count). The van der Waals surface area contributed by atoms with Crippen LogP contribution in [0, 0.1) is 6.92 Å². The molecule has 6 nitrogen and oxygen atoms in total. The van der Waals surface area contributed by atoms with E-state index >= 15 is 0 Å². The number of aromatic nitrogens is 3. The fourth-order valence-electron chi connectivity index (χ4n) is 1.93. The van der Waals surface area contributed by atoms with Gasteiger partial charge in [0.2, 0.25) is 0 Å². The van der Waals surface area contributed by atoms with Crippen LogP contribution in [-0.4, -0.2) is 20.9 Å². The zero-order valence-electron chi connectivity index (χ0n) is 12.0. The molecule has 0 saturated heterocycles. The van der Waals surface area contributed by atoms with E-state index in [2.05, 4.69) is 20.3 Å². The number of hydrogen-bond acceptors (Lipinski definition) is 5. The molecule has 3 aromatic rings. The maximum atomic E-state index is 12.0. The van der Waals surface area contributed by atoms with Crippen molar-refractivity contribution in [3.8, 4) is 11.5 Å². The number of nitrogens with zero attached hydrogens (tertiary/aromatic N) is 3. The van der Waals surface area contributed by atoms with Crippen molar-refractivity contribution in [1.29, 1.82) is 0 Å². The van der Waals surface area contributed by atoms with Gasteiger partial charge in [-0.05, 0) is 36.8 Å². The molecule has 1 amide bonds. The minimum absolute atomic E-state index is 0.260. The summed E-state index contributed by atoms with van der Waals surface area (Å²) in [6, 6.07) is 7.36. The van der Waals surface area contributed by atoms with Gasteiger partial charge in [-0.15, -0.1) is 0 Å². The number of furan rings is 1. The van der Waals surface area contributed by atoms with E-state index in [0.717, 1.165) is 17.0 Å². The number of pyridine rings is 1. The maximum absolute atomic E-state index is 12.0. The lowest BCUT2D eigenvalue weighted by Crippen LogP contribution is -2.24. The molecule has 0 aliphatic rings. The van der Waals surface area contributed by atoms with E-state index in [0.29, 0.717) is 18.0 Å². The van der Waals surface area contributed by atoms with E-state index < -0.39 is 0 Å². The van der Waals surface area contributed by atoms with E-state index in [1.807, 2.05) is 31.2 Å². The van der Waals surface area contributed by atoms with Crippen molar-refractivity contribution in [2.24, 2.45) is 0 Å². The van der Waals surface area contributed by atoms with E-state index in [1.54, 1.807) is 18.7 Å². The molecule has 22 heavy (non-hydrogen) atoms. The topological polar surface area (TPSA) is 80.9 Å². The minimum Gasteiger partial charge on any atom is -0.463 e. The van der Waals surface area contributed by atoms with Crippen LogP contribution in [0.25, 0.3) is 11.5 Å². The highest BCUT2D eigenvalue weighted by Gasteiger charge is 2.08. The second-order valence-electron chi connectivity index (χ2n) is 4.75. The third-order valence-corrected chi connectivity index (χ3v) is 3.06. The van der Waals surface area contributed by atoms with Crippen LogP contribution in [0.2, 0.25) is 0 Å². The first kappa shape index (κ1) is 13.9. The summed E-state index contributed by atoms with van der Waals surface area (Å²) in [5, 5.41) is 2.81. The van der Waals surface area contributed by atoms with Crippen LogP contribution in [0.4, 0.5) is 0 Å². The predicted molar refractivity (Wildman–Crippen MR) is 79.9 cm³/mol. The number of hydrogen-bond donors (Lipinski definition) is 1. The van der Waals surface area contributed by atoms with Gasteiger partial charge in [0.05, 0.1) is 18.2 Å². The summed E-state index contributed by atoms with van der Waals surface area (Å²) in [7, 11) is 0. The highest BCUT2D eigenvalue weighted by atomic mass is 16.3. The normalized spacial score (nSPS) is 10.4. The lowest BCUT2D eigenvalue weighted by Gasteiger charge is -2.06. The van der Waals surface area contributed by atoms with Crippen molar-refractivity contribution in [3.63, 3.8) is 0 Å². The van der Waals surface area contributed by atoms with E-state index in [9.17, 15) is 4.79 Å². The molecule has 0 aromatic carbocycles. The molecule has 0 atom stereocenters. The van der Waals surface area contributed by atoms with Gasteiger partial charge in [0.15, 0.2) is 5.76 Å². The fraction of sp³-hybridized carbons (Fsp3) is 0.125. The van der Waals surface area contributed by atoms with Gasteiger partial charge in [0, 0.05) is 18.9 Å². The van der Waals surface area contributed by atoms with Crippen molar-refractivity contribution in [1.82, 2.24) is 20.3 Å². The summed E-state index contributed by atoms with van der Waals surface area (Å²) in [4.78, 5) is 24.3. The summed E-state index contributed by atoms with van der Waals surface area (Å²) in [6.07, 6.45) is 6.31. The molecular weight excluding hydrogens is 280 g/mol. The van der Waals surface area contributed by atoms with Crippen LogP contribution < -0.4 is 5.32 Å². The molecule has 3 aromatic heterocycles. The average molecular weight is 294 g/mol. The van der Waals surface area contributed by atoms with Gasteiger partial charge in [-0.2, -0.15) is 0 Å². The van der Waals surface area contributed by atoms with Gasteiger partial charge in [-0.25, -0.2) is 4.98 Å². The van der Waals surface area contributed by atoms with Crippen LogP contribution in [-0.2, 0) is 6.54 Å². The van der Waals surface area contributed by atoms with E-state index in [-0.39, 0.29) is 5.91 Å². The first-order chi connectivity index (χ1) is 10.7. The molecule has 110 valence electrons.